The van der Waals surface area contributed by atoms with E-state index in [9.17, 15) is 4.39 Å². The second-order valence-corrected chi connectivity index (χ2v) is 4.50. The van der Waals surface area contributed by atoms with Gasteiger partial charge in [0.2, 0.25) is 0 Å². The Morgan fingerprint density at radius 2 is 2.29 bits per heavy atom. The lowest BCUT2D eigenvalue weighted by molar-refractivity contribution is 0.626. The molecule has 0 atom stereocenters. The van der Waals surface area contributed by atoms with Crippen LogP contribution in [-0.4, -0.2) is 0 Å². The van der Waals surface area contributed by atoms with Gasteiger partial charge in [-0.1, -0.05) is 22.0 Å². The molecule has 0 unspecified atom stereocenters. The Kier molecular flexibility index (Phi) is 2.53. The van der Waals surface area contributed by atoms with E-state index < -0.39 is 5.82 Å². The van der Waals surface area contributed by atoms with Gasteiger partial charge in [0.05, 0.1) is 4.70 Å². The van der Waals surface area contributed by atoms with E-state index in [-0.39, 0.29) is 5.56 Å². The van der Waals surface area contributed by atoms with Crippen LogP contribution in [0, 0.1) is 17.1 Å². The third kappa shape index (κ3) is 1.43. The first-order valence-corrected chi connectivity index (χ1v) is 5.87. The summed E-state index contributed by atoms with van der Waals surface area (Å²) < 4.78 is 13.9. The van der Waals surface area contributed by atoms with Crippen molar-refractivity contribution in [3.63, 3.8) is 0 Å². The first-order chi connectivity index (χ1) is 6.76. The van der Waals surface area contributed by atoms with E-state index in [2.05, 4.69) is 15.9 Å². The fourth-order valence-corrected chi connectivity index (χ4v) is 2.80. The summed E-state index contributed by atoms with van der Waals surface area (Å²) in [5.74, 6) is -0.442. The number of hydrogen-bond acceptors (Lipinski definition) is 2. The van der Waals surface area contributed by atoms with Gasteiger partial charge in [0.1, 0.15) is 17.4 Å². The lowest BCUT2D eigenvalue weighted by atomic mass is 10.1. The number of halogens is 2. The highest BCUT2D eigenvalue weighted by atomic mass is 79.9. The molecule has 2 aromatic rings. The SMILES string of the molecule is N#Cc1c(F)ccc2cc(CBr)sc12. The molecule has 0 aliphatic rings. The molecule has 0 amide bonds. The Morgan fingerprint density at radius 1 is 1.50 bits per heavy atom. The Morgan fingerprint density at radius 3 is 2.93 bits per heavy atom. The average molecular weight is 270 g/mol. The van der Waals surface area contributed by atoms with Gasteiger partial charge in [0.25, 0.3) is 0 Å². The van der Waals surface area contributed by atoms with Crippen LogP contribution in [0.2, 0.25) is 0 Å². The molecule has 0 N–H and O–H groups in total. The van der Waals surface area contributed by atoms with Crippen LogP contribution in [0.3, 0.4) is 0 Å². The monoisotopic (exact) mass is 269 g/mol. The zero-order valence-electron chi connectivity index (χ0n) is 7.05. The molecule has 0 saturated carbocycles. The Balaban J connectivity index is 2.81. The molecule has 1 aromatic carbocycles. The molecule has 0 saturated heterocycles. The van der Waals surface area contributed by atoms with Gasteiger partial charge >= 0.3 is 0 Å². The molecule has 1 heterocycles. The van der Waals surface area contributed by atoms with Gasteiger partial charge in [-0.05, 0) is 17.5 Å². The van der Waals surface area contributed by atoms with Crippen molar-refractivity contribution in [1.82, 2.24) is 0 Å². The van der Waals surface area contributed by atoms with Crippen LogP contribution in [0.4, 0.5) is 4.39 Å². The first kappa shape index (κ1) is 9.63. The van der Waals surface area contributed by atoms with Gasteiger partial charge in [-0.25, -0.2) is 4.39 Å². The van der Waals surface area contributed by atoms with E-state index in [0.717, 1.165) is 20.3 Å². The molecular weight excluding hydrogens is 265 g/mol. The number of thiophene rings is 1. The number of alkyl halides is 1. The summed E-state index contributed by atoms with van der Waals surface area (Å²) in [5.41, 5.74) is 0.153. The smallest absolute Gasteiger partial charge is 0.142 e. The predicted molar refractivity (Wildman–Crippen MR) is 59.1 cm³/mol. The summed E-state index contributed by atoms with van der Waals surface area (Å²) in [7, 11) is 0. The standard InChI is InChI=1S/C10H5BrFNS/c11-4-7-3-6-1-2-9(12)8(5-13)10(6)14-7/h1-3H,4H2. The summed E-state index contributed by atoms with van der Waals surface area (Å²) in [6.07, 6.45) is 0. The fourth-order valence-electron chi connectivity index (χ4n) is 1.30. The van der Waals surface area contributed by atoms with Gasteiger partial charge in [-0.15, -0.1) is 11.3 Å². The normalized spacial score (nSPS) is 10.4. The minimum atomic E-state index is -0.442. The molecule has 4 heteroatoms. The van der Waals surface area contributed by atoms with Crippen molar-refractivity contribution >= 4 is 37.4 Å². The highest BCUT2D eigenvalue weighted by Gasteiger charge is 2.09. The molecule has 14 heavy (non-hydrogen) atoms. The Bertz CT molecular complexity index is 527. The molecule has 1 nitrogen and oxygen atoms in total. The predicted octanol–water partition coefficient (Wildman–Crippen LogP) is 3.81. The van der Waals surface area contributed by atoms with Crippen LogP contribution in [-0.2, 0) is 5.33 Å². The lowest BCUT2D eigenvalue weighted by Gasteiger charge is -1.93. The van der Waals surface area contributed by atoms with Gasteiger partial charge < -0.3 is 0 Å². The Labute approximate surface area is 92.9 Å². The van der Waals surface area contributed by atoms with E-state index in [1.807, 2.05) is 12.1 Å². The van der Waals surface area contributed by atoms with Crippen LogP contribution in [0.15, 0.2) is 18.2 Å². The second kappa shape index (κ2) is 3.68. The average Bonchev–Trinajstić information content (AvgIpc) is 2.60. The van der Waals surface area contributed by atoms with Crippen molar-refractivity contribution in [3.8, 4) is 6.07 Å². The fraction of sp³-hybridized carbons (Fsp3) is 0.100. The molecule has 1 aromatic heterocycles. The quantitative estimate of drug-likeness (QED) is 0.723. The van der Waals surface area contributed by atoms with E-state index in [4.69, 9.17) is 5.26 Å². The zero-order chi connectivity index (χ0) is 10.1. The zero-order valence-corrected chi connectivity index (χ0v) is 9.45. The maximum absolute atomic E-state index is 13.2. The molecule has 0 radical (unpaired) electrons. The highest BCUT2D eigenvalue weighted by Crippen LogP contribution is 2.31. The van der Waals surface area contributed by atoms with E-state index in [1.165, 1.54) is 17.4 Å². The van der Waals surface area contributed by atoms with Crippen molar-refractivity contribution in [1.29, 1.82) is 5.26 Å². The molecule has 0 fully saturated rings. The number of fused-ring (bicyclic) bond motifs is 1. The Hall–Kier alpha value is -0.920. The molecule has 0 aliphatic carbocycles. The molecule has 0 spiro atoms. The number of benzene rings is 1. The first-order valence-electron chi connectivity index (χ1n) is 3.93. The van der Waals surface area contributed by atoms with Crippen LogP contribution < -0.4 is 0 Å². The van der Waals surface area contributed by atoms with Gasteiger partial charge in [-0.3, -0.25) is 0 Å². The number of rotatable bonds is 1. The van der Waals surface area contributed by atoms with Crippen molar-refractivity contribution < 1.29 is 4.39 Å². The summed E-state index contributed by atoms with van der Waals surface area (Å²) in [4.78, 5) is 1.10. The van der Waals surface area contributed by atoms with Gasteiger partial charge in [0.15, 0.2) is 0 Å². The largest absolute Gasteiger partial charge is 0.205 e. The van der Waals surface area contributed by atoms with Crippen LogP contribution in [0.25, 0.3) is 10.1 Å². The third-order valence-electron chi connectivity index (χ3n) is 1.93. The summed E-state index contributed by atoms with van der Waals surface area (Å²) in [6, 6.07) is 6.90. The maximum Gasteiger partial charge on any atom is 0.142 e. The van der Waals surface area contributed by atoms with Crippen LogP contribution in [0.1, 0.15) is 10.4 Å². The molecule has 70 valence electrons. The summed E-state index contributed by atoms with van der Waals surface area (Å²) in [5, 5.41) is 10.5. The van der Waals surface area contributed by atoms with Gasteiger partial charge in [-0.2, -0.15) is 5.26 Å². The maximum atomic E-state index is 13.2. The number of nitriles is 1. The van der Waals surface area contributed by atoms with Crippen molar-refractivity contribution in [2.75, 3.05) is 0 Å². The number of nitrogens with zero attached hydrogens (tertiary/aromatic N) is 1. The highest BCUT2D eigenvalue weighted by molar-refractivity contribution is 9.08. The minimum absolute atomic E-state index is 0.153. The minimum Gasteiger partial charge on any atom is -0.205 e. The lowest BCUT2D eigenvalue weighted by Crippen LogP contribution is -1.81. The summed E-state index contributed by atoms with van der Waals surface area (Å²) >= 11 is 4.79. The van der Waals surface area contributed by atoms with Crippen LogP contribution >= 0.6 is 27.3 Å². The van der Waals surface area contributed by atoms with Crippen molar-refractivity contribution in [2.45, 2.75) is 5.33 Å². The van der Waals surface area contributed by atoms with Crippen molar-refractivity contribution in [3.05, 3.63) is 34.5 Å². The van der Waals surface area contributed by atoms with E-state index in [0.29, 0.717) is 0 Å². The summed E-state index contributed by atoms with van der Waals surface area (Å²) in [6.45, 7) is 0. The van der Waals surface area contributed by atoms with Crippen molar-refractivity contribution in [2.24, 2.45) is 0 Å². The molecular formula is C10H5BrFNS. The molecule has 2 rings (SSSR count). The third-order valence-corrected chi connectivity index (χ3v) is 4.07. The topological polar surface area (TPSA) is 23.8 Å². The van der Waals surface area contributed by atoms with E-state index >= 15 is 0 Å². The number of hydrogen-bond donors (Lipinski definition) is 0. The molecule has 0 aliphatic heterocycles. The van der Waals surface area contributed by atoms with E-state index in [1.54, 1.807) is 6.07 Å². The van der Waals surface area contributed by atoms with Crippen LogP contribution in [0.5, 0.6) is 0 Å². The second-order valence-electron chi connectivity index (χ2n) is 2.80. The molecule has 0 bridgehead atoms. The van der Waals surface area contributed by atoms with Gasteiger partial charge in [0, 0.05) is 10.2 Å².